The number of pyridine rings is 1. The Bertz CT molecular complexity index is 1960. The zero-order chi connectivity index (χ0) is 25.9. The summed E-state index contributed by atoms with van der Waals surface area (Å²) in [6.45, 7) is 6.79. The van der Waals surface area contributed by atoms with Crippen molar-refractivity contribution in [3.8, 4) is 28.2 Å². The molecule has 0 saturated carbocycles. The van der Waals surface area contributed by atoms with Gasteiger partial charge in [-0.25, -0.2) is 4.98 Å². The van der Waals surface area contributed by atoms with E-state index in [0.717, 1.165) is 50.0 Å². The summed E-state index contributed by atoms with van der Waals surface area (Å²) in [5.41, 5.74) is 9.19. The smallest absolute Gasteiger partial charge is 0.149 e. The fourth-order valence-electron chi connectivity index (χ4n) is 5.42. The number of rotatable bonds is 3. The molecule has 184 valence electrons. The van der Waals surface area contributed by atoms with Crippen molar-refractivity contribution in [3.63, 3.8) is 0 Å². The second-order valence-electron chi connectivity index (χ2n) is 10.8. The average Bonchev–Trinajstić information content (AvgIpc) is 3.51. The molecule has 0 N–H and O–H groups in total. The number of hydrogen-bond donors (Lipinski definition) is 0. The molecule has 0 fully saturated rings. The first-order chi connectivity index (χ1) is 18.5. The van der Waals surface area contributed by atoms with Crippen molar-refractivity contribution in [3.05, 3.63) is 115 Å². The van der Waals surface area contributed by atoms with E-state index in [1.165, 1.54) is 16.7 Å². The largest absolute Gasteiger partial charge is 0.455 e. The van der Waals surface area contributed by atoms with Gasteiger partial charge in [0.05, 0.1) is 23.0 Å². The van der Waals surface area contributed by atoms with Gasteiger partial charge in [-0.15, -0.1) is 0 Å². The fraction of sp³-hybridized carbons (Fsp3) is 0.118. The van der Waals surface area contributed by atoms with Crippen LogP contribution in [0.5, 0.6) is 0 Å². The summed E-state index contributed by atoms with van der Waals surface area (Å²) in [7, 11) is 0. The summed E-state index contributed by atoms with van der Waals surface area (Å²) < 4.78 is 8.70. The Balaban J connectivity index is 1.55. The van der Waals surface area contributed by atoms with E-state index in [9.17, 15) is 0 Å². The third kappa shape index (κ3) is 3.52. The zero-order valence-electron chi connectivity index (χ0n) is 21.6. The molecule has 0 radical (unpaired) electrons. The van der Waals surface area contributed by atoms with Crippen LogP contribution in [0.4, 0.5) is 0 Å². The summed E-state index contributed by atoms with van der Waals surface area (Å²) in [6, 6.07) is 33.8. The van der Waals surface area contributed by atoms with Crippen molar-refractivity contribution in [1.82, 2.24) is 14.5 Å². The number of aromatic nitrogens is 3. The highest BCUT2D eigenvalue weighted by Gasteiger charge is 2.25. The van der Waals surface area contributed by atoms with E-state index in [1.54, 1.807) is 0 Å². The minimum Gasteiger partial charge on any atom is -0.455 e. The highest BCUT2D eigenvalue weighted by Crippen LogP contribution is 2.40. The van der Waals surface area contributed by atoms with Crippen molar-refractivity contribution in [2.45, 2.75) is 26.2 Å². The average molecular weight is 494 g/mol. The first kappa shape index (κ1) is 22.5. The Hall–Kier alpha value is -4.70. The summed E-state index contributed by atoms with van der Waals surface area (Å²) in [5.74, 6) is 0.843. The van der Waals surface area contributed by atoms with Crippen molar-refractivity contribution in [1.29, 1.82) is 0 Å². The van der Waals surface area contributed by atoms with Crippen molar-refractivity contribution in [2.75, 3.05) is 0 Å². The van der Waals surface area contributed by atoms with Crippen LogP contribution in [0.25, 0.3) is 61.2 Å². The Labute approximate surface area is 221 Å². The van der Waals surface area contributed by atoms with E-state index in [-0.39, 0.29) is 5.41 Å². The number of benzene rings is 4. The summed E-state index contributed by atoms with van der Waals surface area (Å²) in [4.78, 5) is 9.50. The van der Waals surface area contributed by atoms with Crippen molar-refractivity contribution < 1.29 is 4.42 Å². The van der Waals surface area contributed by atoms with E-state index in [4.69, 9.17) is 9.40 Å². The van der Waals surface area contributed by atoms with Crippen LogP contribution in [-0.2, 0) is 5.41 Å². The maximum absolute atomic E-state index is 6.43. The molecule has 0 bridgehead atoms. The minimum absolute atomic E-state index is 0.105. The van der Waals surface area contributed by atoms with Gasteiger partial charge in [0, 0.05) is 17.0 Å². The molecule has 0 atom stereocenters. The van der Waals surface area contributed by atoms with Gasteiger partial charge in [-0.3, -0.25) is 9.55 Å². The summed E-state index contributed by atoms with van der Waals surface area (Å²) in [6.07, 6.45) is 3.67. The normalized spacial score (nSPS) is 12.1. The third-order valence-corrected chi connectivity index (χ3v) is 7.25. The molecular weight excluding hydrogens is 466 g/mol. The van der Waals surface area contributed by atoms with Gasteiger partial charge in [0.15, 0.2) is 0 Å². The molecule has 0 aliphatic heterocycles. The number of hydrogen-bond acceptors (Lipinski definition) is 3. The number of imidazole rings is 1. The summed E-state index contributed by atoms with van der Waals surface area (Å²) >= 11 is 0. The van der Waals surface area contributed by atoms with Crippen molar-refractivity contribution >= 4 is 33.0 Å². The predicted molar refractivity (Wildman–Crippen MR) is 156 cm³/mol. The number of furan rings is 1. The molecule has 0 aliphatic rings. The molecule has 4 heteroatoms. The first-order valence-electron chi connectivity index (χ1n) is 12.9. The molecule has 0 saturated heterocycles. The van der Waals surface area contributed by atoms with Crippen LogP contribution in [0.2, 0.25) is 0 Å². The highest BCUT2D eigenvalue weighted by atomic mass is 16.3. The number of fused-ring (bicyclic) bond motifs is 4. The Morgan fingerprint density at radius 3 is 2.37 bits per heavy atom. The van der Waals surface area contributed by atoms with Gasteiger partial charge in [-0.2, -0.15) is 0 Å². The van der Waals surface area contributed by atoms with Crippen LogP contribution in [0.15, 0.2) is 114 Å². The van der Waals surface area contributed by atoms with Crippen LogP contribution >= 0.6 is 0 Å². The number of para-hydroxylation sites is 2. The Kier molecular flexibility index (Phi) is 4.98. The lowest BCUT2D eigenvalue weighted by Gasteiger charge is -2.25. The minimum atomic E-state index is -0.105. The molecule has 0 aliphatic carbocycles. The van der Waals surface area contributed by atoms with Gasteiger partial charge in [0.2, 0.25) is 0 Å². The summed E-state index contributed by atoms with van der Waals surface area (Å²) in [5, 5.41) is 2.20. The lowest BCUT2D eigenvalue weighted by atomic mass is 9.84. The molecule has 38 heavy (non-hydrogen) atoms. The van der Waals surface area contributed by atoms with Crippen LogP contribution in [0.3, 0.4) is 0 Å². The second-order valence-corrected chi connectivity index (χ2v) is 10.8. The quantitative estimate of drug-likeness (QED) is 0.247. The van der Waals surface area contributed by atoms with E-state index >= 15 is 0 Å². The molecule has 0 unspecified atom stereocenters. The fourth-order valence-corrected chi connectivity index (χ4v) is 5.42. The molecule has 0 spiro atoms. The zero-order valence-corrected chi connectivity index (χ0v) is 21.6. The maximum Gasteiger partial charge on any atom is 0.149 e. The molecule has 3 aromatic heterocycles. The molecule has 4 aromatic carbocycles. The maximum atomic E-state index is 6.43. The molecule has 0 amide bonds. The van der Waals surface area contributed by atoms with Crippen LogP contribution < -0.4 is 0 Å². The predicted octanol–water partition coefficient (Wildman–Crippen LogP) is 8.95. The lowest BCUT2D eigenvalue weighted by molar-refractivity contribution is 0.587. The van der Waals surface area contributed by atoms with E-state index in [0.29, 0.717) is 0 Å². The van der Waals surface area contributed by atoms with Gasteiger partial charge in [-0.05, 0) is 52.4 Å². The Morgan fingerprint density at radius 1 is 0.737 bits per heavy atom. The van der Waals surface area contributed by atoms with Gasteiger partial charge in [-0.1, -0.05) is 87.5 Å². The monoisotopic (exact) mass is 493 g/mol. The molecule has 3 heterocycles. The topological polar surface area (TPSA) is 43.9 Å². The molecule has 4 nitrogen and oxygen atoms in total. The van der Waals surface area contributed by atoms with Gasteiger partial charge in [0.1, 0.15) is 22.5 Å². The van der Waals surface area contributed by atoms with E-state index < -0.39 is 0 Å². The van der Waals surface area contributed by atoms with Crippen LogP contribution in [0.1, 0.15) is 26.3 Å². The second kappa shape index (κ2) is 8.42. The molecule has 7 aromatic rings. The van der Waals surface area contributed by atoms with Gasteiger partial charge in [0.25, 0.3) is 0 Å². The third-order valence-electron chi connectivity index (χ3n) is 7.25. The lowest BCUT2D eigenvalue weighted by Crippen LogP contribution is -2.16. The van der Waals surface area contributed by atoms with Gasteiger partial charge < -0.3 is 4.42 Å². The standard InChI is InChI=1S/C34H27N3O/c1-34(2,3)27-20-23(22-10-5-4-6-11-22)16-17-29(27)37-30-18-19-35-21-28(30)36-33(37)26-14-9-13-25-24-12-7-8-15-31(24)38-32(25)26/h4-21H,1-3H3. The van der Waals surface area contributed by atoms with Crippen molar-refractivity contribution in [2.24, 2.45) is 0 Å². The molecule has 7 rings (SSSR count). The van der Waals surface area contributed by atoms with E-state index in [1.807, 2.05) is 30.6 Å². The number of nitrogens with zero attached hydrogens (tertiary/aromatic N) is 3. The van der Waals surface area contributed by atoms with Gasteiger partial charge >= 0.3 is 0 Å². The van der Waals surface area contributed by atoms with Crippen LogP contribution in [0, 0.1) is 0 Å². The van der Waals surface area contributed by atoms with Crippen LogP contribution in [-0.4, -0.2) is 14.5 Å². The van der Waals surface area contributed by atoms with E-state index in [2.05, 4.69) is 109 Å². The SMILES string of the molecule is CC(C)(C)c1cc(-c2ccccc2)ccc1-n1c(-c2cccc3c2oc2ccccc23)nc2cnccc21. The first-order valence-corrected chi connectivity index (χ1v) is 12.9. The highest BCUT2D eigenvalue weighted by molar-refractivity contribution is 6.09. The Morgan fingerprint density at radius 2 is 1.53 bits per heavy atom. The molecular formula is C34H27N3O.